The summed E-state index contributed by atoms with van der Waals surface area (Å²) in [4.78, 5) is 29.4. The van der Waals surface area contributed by atoms with Crippen LogP contribution in [-0.2, 0) is 17.9 Å². The number of benzene rings is 1. The lowest BCUT2D eigenvalue weighted by molar-refractivity contribution is -0.119. The molecule has 0 bridgehead atoms. The average molecular weight is 381 g/mol. The Labute approximate surface area is 157 Å². The van der Waals surface area contributed by atoms with Gasteiger partial charge in [0.1, 0.15) is 23.3 Å². The van der Waals surface area contributed by atoms with E-state index in [4.69, 9.17) is 4.11 Å². The van der Waals surface area contributed by atoms with Crippen molar-refractivity contribution in [1.82, 2.24) is 15.2 Å². The summed E-state index contributed by atoms with van der Waals surface area (Å²) in [5.74, 6) is -4.23. The minimum Gasteiger partial charge on any atom is -0.366 e. The number of hydrogen-bond donors (Lipinski definition) is 2. The highest BCUT2D eigenvalue weighted by atomic mass is 19.1. The molecular weight excluding hydrogens is 361 g/mol. The standard InChI is InChI=1S/C18H17F3N4O2/c1-10(26)22-4-5-25-9-16-12(18(25)27)2-3-17(24-16)23-8-13-14(20)6-11(19)7-15(13)21/h2-3,6-7H,4-5,8-9H2,1H3,(H,22,26)(H,23,24)/i1D3. The monoisotopic (exact) mass is 381 g/mol. The second-order valence-corrected chi connectivity index (χ2v) is 5.87. The Morgan fingerprint density at radius 3 is 2.74 bits per heavy atom. The zero-order valence-electron chi connectivity index (χ0n) is 17.0. The maximum absolute atomic E-state index is 13.7. The molecule has 2 N–H and O–H groups in total. The molecule has 2 aromatic rings. The second kappa shape index (κ2) is 7.65. The van der Waals surface area contributed by atoms with Gasteiger partial charge in [-0.15, -0.1) is 0 Å². The van der Waals surface area contributed by atoms with Crippen molar-refractivity contribution in [3.63, 3.8) is 0 Å². The maximum atomic E-state index is 13.7. The number of pyridine rings is 1. The lowest BCUT2D eigenvalue weighted by Crippen LogP contribution is -2.34. The Morgan fingerprint density at radius 1 is 1.30 bits per heavy atom. The molecule has 0 spiro atoms. The topological polar surface area (TPSA) is 74.3 Å². The molecule has 0 saturated heterocycles. The van der Waals surface area contributed by atoms with Gasteiger partial charge in [0.15, 0.2) is 0 Å². The minimum atomic E-state index is -2.76. The molecule has 0 radical (unpaired) electrons. The van der Waals surface area contributed by atoms with E-state index in [1.807, 2.05) is 0 Å². The molecule has 1 aromatic carbocycles. The minimum absolute atomic E-state index is 0.0365. The SMILES string of the molecule is [2H]C([2H])([2H])C(=O)NCCN1Cc2nc(NCc3c(F)cc(F)cc3F)ccc2C1=O. The highest BCUT2D eigenvalue weighted by Gasteiger charge is 2.28. The first-order chi connectivity index (χ1) is 14.1. The smallest absolute Gasteiger partial charge is 0.256 e. The zero-order valence-corrected chi connectivity index (χ0v) is 14.0. The lowest BCUT2D eigenvalue weighted by Gasteiger charge is -2.14. The molecule has 0 atom stereocenters. The molecule has 0 saturated carbocycles. The van der Waals surface area contributed by atoms with E-state index >= 15 is 0 Å². The van der Waals surface area contributed by atoms with Crippen molar-refractivity contribution in [2.24, 2.45) is 0 Å². The molecule has 142 valence electrons. The third-order valence-electron chi connectivity index (χ3n) is 4.05. The van der Waals surface area contributed by atoms with Crippen molar-refractivity contribution in [2.75, 3.05) is 18.4 Å². The van der Waals surface area contributed by atoms with Gasteiger partial charge in [-0.25, -0.2) is 18.2 Å². The van der Waals surface area contributed by atoms with Gasteiger partial charge in [0.25, 0.3) is 5.91 Å². The number of aromatic nitrogens is 1. The predicted octanol–water partition coefficient (Wildman–Crippen LogP) is 2.20. The molecule has 2 heterocycles. The van der Waals surface area contributed by atoms with Crippen LogP contribution in [0.15, 0.2) is 24.3 Å². The molecule has 0 aliphatic carbocycles. The molecule has 6 nitrogen and oxygen atoms in total. The van der Waals surface area contributed by atoms with Crippen LogP contribution in [0.1, 0.15) is 32.6 Å². The third kappa shape index (κ3) is 4.18. The van der Waals surface area contributed by atoms with Crippen molar-refractivity contribution < 1.29 is 26.9 Å². The van der Waals surface area contributed by atoms with Gasteiger partial charge in [0, 0.05) is 48.3 Å². The molecular formula is C18H17F3N4O2. The summed E-state index contributed by atoms with van der Waals surface area (Å²) < 4.78 is 61.4. The molecule has 0 unspecified atom stereocenters. The Kier molecular flexibility index (Phi) is 4.25. The van der Waals surface area contributed by atoms with Gasteiger partial charge in [-0.2, -0.15) is 0 Å². The van der Waals surface area contributed by atoms with Gasteiger partial charge in [0.05, 0.1) is 17.8 Å². The van der Waals surface area contributed by atoms with Crippen molar-refractivity contribution in [1.29, 1.82) is 0 Å². The van der Waals surface area contributed by atoms with E-state index in [-0.39, 0.29) is 43.5 Å². The van der Waals surface area contributed by atoms with Gasteiger partial charge in [-0.05, 0) is 12.1 Å². The Bertz CT molecular complexity index is 978. The van der Waals surface area contributed by atoms with Crippen LogP contribution in [0.25, 0.3) is 0 Å². The zero-order chi connectivity index (χ0) is 22.1. The fourth-order valence-corrected chi connectivity index (χ4v) is 2.74. The number of amides is 2. The Balaban J connectivity index is 1.61. The number of nitrogens with zero attached hydrogens (tertiary/aromatic N) is 2. The van der Waals surface area contributed by atoms with Crippen LogP contribution in [-0.4, -0.2) is 34.8 Å². The molecule has 1 aliphatic heterocycles. The summed E-state index contributed by atoms with van der Waals surface area (Å²) in [5, 5.41) is 4.97. The largest absolute Gasteiger partial charge is 0.366 e. The fraction of sp³-hybridized carbons (Fsp3) is 0.278. The Morgan fingerprint density at radius 2 is 2.04 bits per heavy atom. The molecule has 1 aliphatic rings. The quantitative estimate of drug-likeness (QED) is 0.805. The highest BCUT2D eigenvalue weighted by Crippen LogP contribution is 2.23. The summed E-state index contributed by atoms with van der Waals surface area (Å²) in [7, 11) is 0. The van der Waals surface area contributed by atoms with E-state index in [0.717, 1.165) is 0 Å². The predicted molar refractivity (Wildman–Crippen MR) is 91.3 cm³/mol. The van der Waals surface area contributed by atoms with Gasteiger partial charge < -0.3 is 15.5 Å². The van der Waals surface area contributed by atoms with Crippen LogP contribution in [0.4, 0.5) is 19.0 Å². The van der Waals surface area contributed by atoms with Crippen LogP contribution >= 0.6 is 0 Å². The van der Waals surface area contributed by atoms with Gasteiger partial charge in [-0.1, -0.05) is 0 Å². The summed E-state index contributed by atoms with van der Waals surface area (Å²) in [6.45, 7) is -2.85. The van der Waals surface area contributed by atoms with Crippen LogP contribution in [0, 0.1) is 17.5 Å². The lowest BCUT2D eigenvalue weighted by atomic mass is 10.2. The summed E-state index contributed by atoms with van der Waals surface area (Å²) in [6, 6.07) is 4.14. The highest BCUT2D eigenvalue weighted by molar-refractivity contribution is 5.98. The number of hydrogen-bond acceptors (Lipinski definition) is 4. The number of rotatable bonds is 6. The van der Waals surface area contributed by atoms with Crippen LogP contribution in [0.2, 0.25) is 0 Å². The summed E-state index contributed by atoms with van der Waals surface area (Å²) >= 11 is 0. The van der Waals surface area contributed by atoms with Gasteiger partial charge in [0.2, 0.25) is 5.91 Å². The van der Waals surface area contributed by atoms with E-state index < -0.39 is 30.2 Å². The van der Waals surface area contributed by atoms with E-state index in [0.29, 0.717) is 23.4 Å². The first-order valence-corrected chi connectivity index (χ1v) is 8.01. The number of fused-ring (bicyclic) bond motifs is 1. The molecule has 27 heavy (non-hydrogen) atoms. The summed E-state index contributed by atoms with van der Waals surface area (Å²) in [6.07, 6.45) is 0. The normalized spacial score (nSPS) is 15.0. The maximum Gasteiger partial charge on any atom is 0.256 e. The number of nitrogens with one attached hydrogen (secondary N) is 2. The van der Waals surface area contributed by atoms with Gasteiger partial charge in [-0.3, -0.25) is 9.59 Å². The van der Waals surface area contributed by atoms with Crippen LogP contribution < -0.4 is 10.6 Å². The molecule has 0 fully saturated rings. The van der Waals surface area contributed by atoms with Crippen LogP contribution in [0.3, 0.4) is 0 Å². The van der Waals surface area contributed by atoms with Crippen LogP contribution in [0.5, 0.6) is 0 Å². The molecule has 3 rings (SSSR count). The molecule has 9 heteroatoms. The number of halogens is 3. The van der Waals surface area contributed by atoms with E-state index in [9.17, 15) is 22.8 Å². The van der Waals surface area contributed by atoms with Crippen molar-refractivity contribution >= 4 is 17.6 Å². The van der Waals surface area contributed by atoms with Crippen molar-refractivity contribution in [2.45, 2.75) is 19.9 Å². The number of carbonyl (C=O) groups excluding carboxylic acids is 2. The third-order valence-corrected chi connectivity index (χ3v) is 4.05. The summed E-state index contributed by atoms with van der Waals surface area (Å²) in [5.41, 5.74) is 0.412. The second-order valence-electron chi connectivity index (χ2n) is 5.87. The van der Waals surface area contributed by atoms with E-state index in [1.165, 1.54) is 17.0 Å². The Hall–Kier alpha value is -3.10. The van der Waals surface area contributed by atoms with E-state index in [2.05, 4.69) is 15.6 Å². The van der Waals surface area contributed by atoms with Gasteiger partial charge >= 0.3 is 0 Å². The van der Waals surface area contributed by atoms with Crippen molar-refractivity contribution in [3.8, 4) is 0 Å². The number of anilines is 1. The fourth-order valence-electron chi connectivity index (χ4n) is 2.74. The van der Waals surface area contributed by atoms with E-state index in [1.54, 1.807) is 0 Å². The first-order valence-electron chi connectivity index (χ1n) is 9.51. The molecule has 2 amide bonds. The number of carbonyl (C=O) groups is 2. The van der Waals surface area contributed by atoms with Crippen molar-refractivity contribution in [3.05, 3.63) is 58.5 Å². The molecule has 1 aromatic heterocycles. The first kappa shape index (κ1) is 15.0. The average Bonchev–Trinajstić information content (AvgIpc) is 2.95.